The number of hydrogen-bond acceptors (Lipinski definition) is 9. The highest BCUT2D eigenvalue weighted by Gasteiger charge is 2.20. The van der Waals surface area contributed by atoms with Crippen LogP contribution in [0.1, 0.15) is 26.3 Å². The number of hydrogen-bond donors (Lipinski definition) is 2. The number of pyridine rings is 1. The molecule has 0 radical (unpaired) electrons. The van der Waals surface area contributed by atoms with Crippen LogP contribution in [0.15, 0.2) is 60.1 Å². The first-order chi connectivity index (χ1) is 20.2. The van der Waals surface area contributed by atoms with Gasteiger partial charge in [0.15, 0.2) is 0 Å². The zero-order valence-electron chi connectivity index (χ0n) is 23.6. The predicted molar refractivity (Wildman–Crippen MR) is 162 cm³/mol. The van der Waals surface area contributed by atoms with E-state index in [4.69, 9.17) is 19.9 Å². The molecule has 42 heavy (non-hydrogen) atoms. The number of aromatic nitrogens is 3. The highest BCUT2D eigenvalue weighted by Crippen LogP contribution is 2.40. The minimum atomic E-state index is -0.567. The lowest BCUT2D eigenvalue weighted by Gasteiger charge is -2.19. The van der Waals surface area contributed by atoms with E-state index in [2.05, 4.69) is 20.5 Å². The lowest BCUT2D eigenvalue weighted by atomic mass is 9.99. The van der Waals surface area contributed by atoms with Gasteiger partial charge in [0.2, 0.25) is 0 Å². The van der Waals surface area contributed by atoms with Crippen molar-refractivity contribution in [1.82, 2.24) is 20.5 Å². The number of halogens is 1. The lowest BCUT2D eigenvalue weighted by Crippen LogP contribution is -2.34. The molecule has 3 N–H and O–H groups in total. The molecule has 0 aliphatic carbocycles. The molecule has 3 aromatic heterocycles. The molecular formula is C31H32FN5O4S. The van der Waals surface area contributed by atoms with E-state index in [0.717, 1.165) is 32.1 Å². The quantitative estimate of drug-likeness (QED) is 0.188. The lowest BCUT2D eigenvalue weighted by molar-refractivity contribution is 0.0489. The molecule has 0 saturated carbocycles. The van der Waals surface area contributed by atoms with Crippen molar-refractivity contribution in [3.8, 4) is 28.3 Å². The van der Waals surface area contributed by atoms with Gasteiger partial charge in [-0.1, -0.05) is 18.2 Å². The summed E-state index contributed by atoms with van der Waals surface area (Å²) in [6.45, 7) is 6.77. The number of nitrogens with zero attached hydrogens (tertiary/aromatic N) is 3. The molecule has 0 aliphatic rings. The SMILES string of the molecule is CC(C)(C)OC(=O)NCCOCCOc1cc(F)ccc1-c1nnc(-c2ccc(CN)c3cccnc23)c2ccsc12. The number of alkyl carbamates (subject to hydrolysis) is 1. The van der Waals surface area contributed by atoms with Gasteiger partial charge in [0.1, 0.15) is 35.2 Å². The molecule has 0 unspecified atom stereocenters. The number of amides is 1. The van der Waals surface area contributed by atoms with E-state index in [1.165, 1.54) is 23.5 Å². The Hall–Kier alpha value is -4.19. The molecule has 0 saturated heterocycles. The van der Waals surface area contributed by atoms with Gasteiger partial charge in [-0.05, 0) is 56.0 Å². The van der Waals surface area contributed by atoms with Crippen molar-refractivity contribution >= 4 is 38.4 Å². The van der Waals surface area contributed by atoms with Crippen molar-refractivity contribution in [2.24, 2.45) is 5.73 Å². The fourth-order valence-corrected chi connectivity index (χ4v) is 5.41. The second kappa shape index (κ2) is 12.8. The van der Waals surface area contributed by atoms with E-state index >= 15 is 0 Å². The summed E-state index contributed by atoms with van der Waals surface area (Å²) in [6.07, 6.45) is 1.25. The number of benzene rings is 2. The maximum atomic E-state index is 14.3. The van der Waals surface area contributed by atoms with Crippen molar-refractivity contribution < 1.29 is 23.4 Å². The average molecular weight is 590 g/mol. The Bertz CT molecular complexity index is 1720. The molecule has 3 heterocycles. The Morgan fingerprint density at radius 2 is 1.81 bits per heavy atom. The van der Waals surface area contributed by atoms with Crippen LogP contribution in [0.2, 0.25) is 0 Å². The first-order valence-corrected chi connectivity index (χ1v) is 14.4. The third-order valence-corrected chi connectivity index (χ3v) is 7.24. The minimum absolute atomic E-state index is 0.174. The summed E-state index contributed by atoms with van der Waals surface area (Å²) >= 11 is 1.52. The van der Waals surface area contributed by atoms with Crippen LogP contribution < -0.4 is 15.8 Å². The zero-order valence-corrected chi connectivity index (χ0v) is 24.5. The summed E-state index contributed by atoms with van der Waals surface area (Å²) in [7, 11) is 0. The molecule has 0 bridgehead atoms. The van der Waals surface area contributed by atoms with Gasteiger partial charge in [-0.3, -0.25) is 4.98 Å². The fourth-order valence-electron chi connectivity index (χ4n) is 4.52. The number of nitrogens with one attached hydrogen (secondary N) is 1. The first kappa shape index (κ1) is 29.3. The van der Waals surface area contributed by atoms with E-state index in [1.807, 2.05) is 35.7 Å². The third-order valence-electron chi connectivity index (χ3n) is 6.32. The monoisotopic (exact) mass is 589 g/mol. The fraction of sp³-hybridized carbons (Fsp3) is 0.290. The molecule has 0 spiro atoms. The van der Waals surface area contributed by atoms with Gasteiger partial charge in [0, 0.05) is 47.3 Å². The number of nitrogens with two attached hydrogens (primary N) is 1. The summed E-state index contributed by atoms with van der Waals surface area (Å²) in [4.78, 5) is 16.4. The van der Waals surface area contributed by atoms with Gasteiger partial charge in [-0.2, -0.15) is 0 Å². The van der Waals surface area contributed by atoms with Gasteiger partial charge >= 0.3 is 6.09 Å². The third kappa shape index (κ3) is 6.64. The van der Waals surface area contributed by atoms with Crippen molar-refractivity contribution in [3.63, 3.8) is 0 Å². The zero-order chi connectivity index (χ0) is 29.7. The van der Waals surface area contributed by atoms with E-state index in [9.17, 15) is 9.18 Å². The predicted octanol–water partition coefficient (Wildman–Crippen LogP) is 6.09. The molecule has 1 amide bonds. The Morgan fingerprint density at radius 3 is 2.62 bits per heavy atom. The summed E-state index contributed by atoms with van der Waals surface area (Å²) in [5.74, 6) is -0.0950. The largest absolute Gasteiger partial charge is 0.490 e. The van der Waals surface area contributed by atoms with E-state index in [-0.39, 0.29) is 26.4 Å². The first-order valence-electron chi connectivity index (χ1n) is 13.5. The topological polar surface area (TPSA) is 121 Å². The van der Waals surface area contributed by atoms with Crippen LogP contribution in [-0.4, -0.2) is 53.2 Å². The van der Waals surface area contributed by atoms with Gasteiger partial charge in [-0.15, -0.1) is 21.5 Å². The Morgan fingerprint density at radius 1 is 1.00 bits per heavy atom. The van der Waals surface area contributed by atoms with Crippen LogP contribution in [0.25, 0.3) is 43.5 Å². The smallest absolute Gasteiger partial charge is 0.407 e. The van der Waals surface area contributed by atoms with Crippen LogP contribution in [-0.2, 0) is 16.0 Å². The Balaban J connectivity index is 1.33. The molecule has 0 aliphatic heterocycles. The van der Waals surface area contributed by atoms with Gasteiger partial charge in [0.05, 0.1) is 23.4 Å². The number of fused-ring (bicyclic) bond motifs is 2. The Kier molecular flexibility index (Phi) is 8.91. The minimum Gasteiger partial charge on any atom is -0.490 e. The van der Waals surface area contributed by atoms with Crippen LogP contribution in [0.3, 0.4) is 0 Å². The van der Waals surface area contributed by atoms with Crippen LogP contribution in [0.4, 0.5) is 9.18 Å². The molecule has 0 fully saturated rings. The second-order valence-electron chi connectivity index (χ2n) is 10.5. The second-order valence-corrected chi connectivity index (χ2v) is 11.4. The summed E-state index contributed by atoms with van der Waals surface area (Å²) in [5, 5.41) is 15.7. The van der Waals surface area contributed by atoms with Gasteiger partial charge in [0.25, 0.3) is 0 Å². The molecule has 5 rings (SSSR count). The standard InChI is InChI=1S/C31H32FN5O4S/c1-31(2,3)41-30(38)35-12-13-39-14-15-40-25-17-20(32)7-9-22(25)28-29-24(10-16-42-29)27(36-37-28)23-8-6-19(18-33)21-5-4-11-34-26(21)23/h4-11,16-17H,12-15,18,33H2,1-3H3,(H,35,38). The van der Waals surface area contributed by atoms with Gasteiger partial charge < -0.3 is 25.3 Å². The number of thiophene rings is 1. The van der Waals surface area contributed by atoms with E-state index in [1.54, 1.807) is 33.0 Å². The van der Waals surface area contributed by atoms with Crippen molar-refractivity contribution in [2.75, 3.05) is 26.4 Å². The van der Waals surface area contributed by atoms with Crippen LogP contribution in [0.5, 0.6) is 5.75 Å². The van der Waals surface area contributed by atoms with Crippen molar-refractivity contribution in [1.29, 1.82) is 0 Å². The van der Waals surface area contributed by atoms with E-state index < -0.39 is 17.5 Å². The van der Waals surface area contributed by atoms with Crippen molar-refractivity contribution in [3.05, 3.63) is 71.5 Å². The maximum Gasteiger partial charge on any atom is 0.407 e. The molecule has 5 aromatic rings. The van der Waals surface area contributed by atoms with E-state index in [0.29, 0.717) is 29.2 Å². The summed E-state index contributed by atoms with van der Waals surface area (Å²) < 4.78 is 31.8. The normalized spacial score (nSPS) is 11.6. The van der Waals surface area contributed by atoms with Crippen LogP contribution >= 0.6 is 11.3 Å². The number of carbonyl (C=O) groups is 1. The Labute approximate surface area is 246 Å². The molecule has 2 aromatic carbocycles. The number of carbonyl (C=O) groups excluding carboxylic acids is 1. The van der Waals surface area contributed by atoms with Gasteiger partial charge in [-0.25, -0.2) is 9.18 Å². The summed E-state index contributed by atoms with van der Waals surface area (Å²) in [5.41, 5.74) is 9.99. The molecule has 9 nitrogen and oxygen atoms in total. The highest BCUT2D eigenvalue weighted by molar-refractivity contribution is 7.17. The number of ether oxygens (including phenoxy) is 3. The van der Waals surface area contributed by atoms with Crippen molar-refractivity contribution in [2.45, 2.75) is 32.9 Å². The maximum absolute atomic E-state index is 14.3. The average Bonchev–Trinajstić information content (AvgIpc) is 3.45. The summed E-state index contributed by atoms with van der Waals surface area (Å²) in [6, 6.07) is 14.2. The molecule has 11 heteroatoms. The van der Waals surface area contributed by atoms with Crippen LogP contribution in [0, 0.1) is 5.82 Å². The number of rotatable bonds is 10. The molecule has 218 valence electrons. The highest BCUT2D eigenvalue weighted by atomic mass is 32.1. The molecule has 0 atom stereocenters. The molecular weight excluding hydrogens is 557 g/mol.